The number of piperazine rings is 1. The number of benzene rings is 2. The van der Waals surface area contributed by atoms with Crippen molar-refractivity contribution < 1.29 is 9.18 Å². The van der Waals surface area contributed by atoms with Crippen LogP contribution >= 0.6 is 0 Å². The van der Waals surface area contributed by atoms with E-state index in [0.29, 0.717) is 12.1 Å². The second kappa shape index (κ2) is 9.93. The van der Waals surface area contributed by atoms with Gasteiger partial charge in [0.15, 0.2) is 5.82 Å². The van der Waals surface area contributed by atoms with Gasteiger partial charge in [-0.05, 0) is 30.3 Å². The van der Waals surface area contributed by atoms with E-state index in [9.17, 15) is 9.18 Å². The molecular weight excluding hydrogens is 431 g/mol. The number of carbonyl (C=O) groups excluding carboxylic acids is 1. The van der Waals surface area contributed by atoms with Crippen LogP contribution in [0.4, 0.5) is 15.9 Å². The first-order valence-corrected chi connectivity index (χ1v) is 11.3. The van der Waals surface area contributed by atoms with Crippen LogP contribution in [0.3, 0.4) is 0 Å². The van der Waals surface area contributed by atoms with Crippen molar-refractivity contribution in [3.05, 3.63) is 90.1 Å². The monoisotopic (exact) mass is 456 g/mol. The molecule has 7 nitrogen and oxygen atoms in total. The smallest absolute Gasteiger partial charge is 0.238 e. The molecule has 2 aromatic heterocycles. The van der Waals surface area contributed by atoms with Gasteiger partial charge >= 0.3 is 0 Å². The largest absolute Gasteiger partial charge is 0.352 e. The Balaban J connectivity index is 1.25. The Morgan fingerprint density at radius 1 is 0.912 bits per heavy atom. The molecule has 3 heterocycles. The average Bonchev–Trinajstić information content (AvgIpc) is 2.85. The average molecular weight is 457 g/mol. The number of carbonyl (C=O) groups is 1. The number of nitrogens with one attached hydrogen (secondary N) is 1. The van der Waals surface area contributed by atoms with E-state index in [1.807, 2.05) is 30.3 Å². The molecule has 8 heteroatoms. The number of anilines is 2. The van der Waals surface area contributed by atoms with Gasteiger partial charge in [-0.2, -0.15) is 5.10 Å². The standard InChI is InChI=1S/C26H25FN6O/c27-19-6-5-8-21(16-19)29-25(34)18-32-12-14-33(15-13-32)26-23-10-2-1-9-22(23)24(30-31-26)17-20-7-3-4-11-28-20/h1-11,16H,12-15,17-18H2,(H,29,34). The first-order chi connectivity index (χ1) is 16.7. The van der Waals surface area contributed by atoms with Gasteiger partial charge < -0.3 is 10.2 Å². The SMILES string of the molecule is O=C(CN1CCN(c2nnc(Cc3ccccn3)c3ccccc23)CC1)Nc1cccc(F)c1. The van der Waals surface area contributed by atoms with E-state index in [4.69, 9.17) is 0 Å². The Kier molecular flexibility index (Phi) is 6.40. The van der Waals surface area contributed by atoms with Crippen molar-refractivity contribution in [3.8, 4) is 0 Å². The molecule has 4 aromatic rings. The highest BCUT2D eigenvalue weighted by Crippen LogP contribution is 2.27. The van der Waals surface area contributed by atoms with E-state index in [1.165, 1.54) is 12.1 Å². The summed E-state index contributed by atoms with van der Waals surface area (Å²) in [6.45, 7) is 3.20. The van der Waals surface area contributed by atoms with Gasteiger partial charge in [0, 0.05) is 61.0 Å². The molecule has 0 spiro atoms. The molecule has 0 aliphatic carbocycles. The van der Waals surface area contributed by atoms with Crippen LogP contribution in [0.25, 0.3) is 10.8 Å². The Morgan fingerprint density at radius 3 is 2.47 bits per heavy atom. The zero-order valence-corrected chi connectivity index (χ0v) is 18.7. The molecule has 1 fully saturated rings. The van der Waals surface area contributed by atoms with Crippen LogP contribution in [-0.2, 0) is 11.2 Å². The highest BCUT2D eigenvalue weighted by Gasteiger charge is 2.22. The predicted octanol–water partition coefficient (Wildman–Crippen LogP) is 3.52. The molecule has 0 unspecified atom stereocenters. The van der Waals surface area contributed by atoms with Gasteiger partial charge in [0.2, 0.25) is 5.91 Å². The Labute approximate surface area is 197 Å². The minimum absolute atomic E-state index is 0.150. The predicted molar refractivity (Wildman–Crippen MR) is 130 cm³/mol. The first-order valence-electron chi connectivity index (χ1n) is 11.3. The number of rotatable bonds is 6. The maximum Gasteiger partial charge on any atom is 0.238 e. The van der Waals surface area contributed by atoms with Crippen molar-refractivity contribution >= 4 is 28.2 Å². The van der Waals surface area contributed by atoms with Crippen molar-refractivity contribution in [1.82, 2.24) is 20.1 Å². The quantitative estimate of drug-likeness (QED) is 0.479. The molecule has 1 aliphatic rings. The molecule has 0 saturated carbocycles. The van der Waals surface area contributed by atoms with Gasteiger partial charge in [-0.15, -0.1) is 5.10 Å². The van der Waals surface area contributed by atoms with Gasteiger partial charge in [0.25, 0.3) is 0 Å². The van der Waals surface area contributed by atoms with Crippen LogP contribution in [0.2, 0.25) is 0 Å². The molecule has 1 aliphatic heterocycles. The van der Waals surface area contributed by atoms with Crippen LogP contribution in [0.5, 0.6) is 0 Å². The molecule has 1 N–H and O–H groups in total. The van der Waals surface area contributed by atoms with Crippen LogP contribution in [0.1, 0.15) is 11.4 Å². The van der Waals surface area contributed by atoms with E-state index in [0.717, 1.165) is 54.2 Å². The molecule has 1 saturated heterocycles. The summed E-state index contributed by atoms with van der Waals surface area (Å²) in [4.78, 5) is 21.1. The van der Waals surface area contributed by atoms with E-state index in [-0.39, 0.29) is 18.3 Å². The lowest BCUT2D eigenvalue weighted by Crippen LogP contribution is -2.49. The third-order valence-electron chi connectivity index (χ3n) is 5.97. The van der Waals surface area contributed by atoms with Crippen LogP contribution in [0, 0.1) is 5.82 Å². The first kappa shape index (κ1) is 21.9. The summed E-state index contributed by atoms with van der Waals surface area (Å²) in [5, 5.41) is 14.1. The van der Waals surface area contributed by atoms with Crippen molar-refractivity contribution in [1.29, 1.82) is 0 Å². The number of pyridine rings is 1. The molecular formula is C26H25FN6O. The lowest BCUT2D eigenvalue weighted by atomic mass is 10.1. The van der Waals surface area contributed by atoms with Gasteiger partial charge in [-0.3, -0.25) is 14.7 Å². The molecule has 0 radical (unpaired) electrons. The van der Waals surface area contributed by atoms with E-state index in [1.54, 1.807) is 18.3 Å². The number of amides is 1. The van der Waals surface area contributed by atoms with Gasteiger partial charge in [-0.1, -0.05) is 36.4 Å². The fourth-order valence-electron chi connectivity index (χ4n) is 4.27. The van der Waals surface area contributed by atoms with Crippen molar-refractivity contribution in [2.45, 2.75) is 6.42 Å². The second-order valence-corrected chi connectivity index (χ2v) is 8.34. The minimum atomic E-state index is -0.370. The molecule has 1 amide bonds. The van der Waals surface area contributed by atoms with E-state index >= 15 is 0 Å². The molecule has 0 atom stereocenters. The summed E-state index contributed by atoms with van der Waals surface area (Å²) < 4.78 is 13.3. The topological polar surface area (TPSA) is 74.2 Å². The van der Waals surface area contributed by atoms with Gasteiger partial charge in [-0.25, -0.2) is 4.39 Å². The summed E-state index contributed by atoms with van der Waals surface area (Å²) in [7, 11) is 0. The van der Waals surface area contributed by atoms with Crippen LogP contribution < -0.4 is 10.2 Å². The van der Waals surface area contributed by atoms with E-state index < -0.39 is 0 Å². The van der Waals surface area contributed by atoms with Crippen molar-refractivity contribution in [3.63, 3.8) is 0 Å². The molecule has 172 valence electrons. The lowest BCUT2D eigenvalue weighted by Gasteiger charge is -2.35. The summed E-state index contributed by atoms with van der Waals surface area (Å²) in [6.07, 6.45) is 2.42. The zero-order chi connectivity index (χ0) is 23.3. The second-order valence-electron chi connectivity index (χ2n) is 8.34. The zero-order valence-electron chi connectivity index (χ0n) is 18.7. The summed E-state index contributed by atoms with van der Waals surface area (Å²) in [5.74, 6) is 0.346. The molecule has 34 heavy (non-hydrogen) atoms. The third-order valence-corrected chi connectivity index (χ3v) is 5.97. The highest BCUT2D eigenvalue weighted by molar-refractivity contribution is 5.94. The Bertz CT molecular complexity index is 1290. The number of hydrogen-bond donors (Lipinski definition) is 1. The number of fused-ring (bicyclic) bond motifs is 1. The van der Waals surface area contributed by atoms with Crippen molar-refractivity contribution in [2.75, 3.05) is 42.9 Å². The van der Waals surface area contributed by atoms with Gasteiger partial charge in [0.05, 0.1) is 12.2 Å². The summed E-state index contributed by atoms with van der Waals surface area (Å²) in [5.41, 5.74) is 2.33. The summed E-state index contributed by atoms with van der Waals surface area (Å²) in [6, 6.07) is 20.0. The third kappa shape index (κ3) is 5.02. The minimum Gasteiger partial charge on any atom is -0.352 e. The fourth-order valence-corrected chi connectivity index (χ4v) is 4.27. The fraction of sp³-hybridized carbons (Fsp3) is 0.231. The molecule has 2 aromatic carbocycles. The van der Waals surface area contributed by atoms with Crippen LogP contribution in [-0.4, -0.2) is 58.7 Å². The van der Waals surface area contributed by atoms with Gasteiger partial charge in [0.1, 0.15) is 5.82 Å². The lowest BCUT2D eigenvalue weighted by molar-refractivity contribution is -0.117. The number of nitrogens with zero attached hydrogens (tertiary/aromatic N) is 5. The molecule has 0 bridgehead atoms. The normalized spacial score (nSPS) is 14.3. The Morgan fingerprint density at radius 2 is 1.71 bits per heavy atom. The Hall–Kier alpha value is -3.91. The van der Waals surface area contributed by atoms with E-state index in [2.05, 4.69) is 42.4 Å². The van der Waals surface area contributed by atoms with Crippen molar-refractivity contribution in [2.24, 2.45) is 0 Å². The molecule has 5 rings (SSSR count). The van der Waals surface area contributed by atoms with Crippen LogP contribution in [0.15, 0.2) is 72.9 Å². The summed E-state index contributed by atoms with van der Waals surface area (Å²) >= 11 is 0. The number of aromatic nitrogens is 3. The number of hydrogen-bond acceptors (Lipinski definition) is 6. The maximum atomic E-state index is 13.3. The maximum absolute atomic E-state index is 13.3. The number of halogens is 1. The highest BCUT2D eigenvalue weighted by atomic mass is 19.1.